The summed E-state index contributed by atoms with van der Waals surface area (Å²) in [5, 5.41) is 65.6. The van der Waals surface area contributed by atoms with Crippen LogP contribution >= 0.6 is 0 Å². The number of hydrogen-bond acceptors (Lipinski definition) is 17. The number of hydrogen-bond donors (Lipinski definition) is 12. The number of ketones is 1. The number of Topliss-reactive ketones (excluding diaryl/α,β-unsaturated/α-hetero) is 1. The average molecular weight is 625 g/mol. The third-order valence-corrected chi connectivity index (χ3v) is 8.55. The van der Waals surface area contributed by atoms with Crippen LogP contribution < -0.4 is 34.0 Å². The maximum atomic E-state index is 12.7. The van der Waals surface area contributed by atoms with Gasteiger partial charge in [-0.15, -0.1) is 0 Å². The Bertz CT molecular complexity index is 849. The van der Waals surface area contributed by atoms with Crippen molar-refractivity contribution in [2.75, 3.05) is 32.8 Å². The van der Waals surface area contributed by atoms with Crippen molar-refractivity contribution in [3.63, 3.8) is 0 Å². The highest BCUT2D eigenvalue weighted by Crippen LogP contribution is 2.36. The number of ether oxygens (including phenoxy) is 4. The van der Waals surface area contributed by atoms with E-state index in [1.165, 1.54) is 0 Å². The SMILES string of the molecule is NCCC(O)CN[C@@H]1CC[C@@H](CN)O[C@@H]1OC1[C@@H](N)C[C@@H](CC(=O)[C@@H](O)CN)[C@H](O[C@H]2O[C@H](CO)[C@@H](O)[C@H](N)[C@H]2O)[C@H]1O. The molecule has 0 amide bonds. The molecule has 3 aliphatic rings. The smallest absolute Gasteiger partial charge is 0.186 e. The first-order chi connectivity index (χ1) is 20.4. The molecule has 2 heterocycles. The molecular formula is C26H52N6O11. The van der Waals surface area contributed by atoms with Gasteiger partial charge in [-0.2, -0.15) is 0 Å². The molecule has 17 heteroatoms. The molecule has 2 unspecified atom stereocenters. The predicted molar refractivity (Wildman–Crippen MR) is 151 cm³/mol. The molecule has 17 nitrogen and oxygen atoms in total. The van der Waals surface area contributed by atoms with Crippen LogP contribution in [0.25, 0.3) is 0 Å². The number of nitrogens with two attached hydrogens (primary N) is 5. The number of carbonyl (C=O) groups is 1. The van der Waals surface area contributed by atoms with Gasteiger partial charge in [-0.05, 0) is 38.1 Å². The molecule has 3 fully saturated rings. The summed E-state index contributed by atoms with van der Waals surface area (Å²) in [4.78, 5) is 12.7. The zero-order valence-electron chi connectivity index (χ0n) is 24.3. The number of nitrogens with one attached hydrogen (secondary N) is 1. The third-order valence-electron chi connectivity index (χ3n) is 8.55. The summed E-state index contributed by atoms with van der Waals surface area (Å²) in [5.74, 6) is -1.36. The van der Waals surface area contributed by atoms with Crippen LogP contribution in [-0.4, -0.2) is 155 Å². The highest BCUT2D eigenvalue weighted by atomic mass is 16.7. The summed E-state index contributed by atoms with van der Waals surface area (Å²) in [6.45, 7) is -0.145. The molecule has 0 spiro atoms. The van der Waals surface area contributed by atoms with Crippen molar-refractivity contribution in [3.8, 4) is 0 Å². The summed E-state index contributed by atoms with van der Waals surface area (Å²) in [7, 11) is 0. The van der Waals surface area contributed by atoms with Gasteiger partial charge in [0.2, 0.25) is 0 Å². The van der Waals surface area contributed by atoms with Crippen LogP contribution in [0.15, 0.2) is 0 Å². The molecule has 2 aliphatic heterocycles. The molecule has 0 aromatic heterocycles. The summed E-state index contributed by atoms with van der Waals surface area (Å²) in [6, 6.07) is -2.45. The minimum absolute atomic E-state index is 0.0939. The van der Waals surface area contributed by atoms with Gasteiger partial charge in [0.25, 0.3) is 0 Å². The largest absolute Gasteiger partial charge is 0.394 e. The van der Waals surface area contributed by atoms with Crippen molar-refractivity contribution >= 4 is 5.78 Å². The average Bonchev–Trinajstić information content (AvgIpc) is 2.99. The predicted octanol–water partition coefficient (Wildman–Crippen LogP) is -6.36. The fraction of sp³-hybridized carbons (Fsp3) is 0.962. The highest BCUT2D eigenvalue weighted by molar-refractivity contribution is 5.83. The van der Waals surface area contributed by atoms with Crippen LogP contribution in [-0.2, 0) is 23.7 Å². The van der Waals surface area contributed by atoms with Gasteiger partial charge in [-0.1, -0.05) is 0 Å². The van der Waals surface area contributed by atoms with Crippen LogP contribution in [0.4, 0.5) is 0 Å². The van der Waals surface area contributed by atoms with Crippen molar-refractivity contribution in [3.05, 3.63) is 0 Å². The number of carbonyl (C=O) groups excluding carboxylic acids is 1. The monoisotopic (exact) mass is 624 g/mol. The molecule has 15 atom stereocenters. The summed E-state index contributed by atoms with van der Waals surface area (Å²) in [6.07, 6.45) is -11.3. The Kier molecular flexibility index (Phi) is 14.5. The minimum Gasteiger partial charge on any atom is -0.394 e. The van der Waals surface area contributed by atoms with Gasteiger partial charge < -0.3 is 83.6 Å². The van der Waals surface area contributed by atoms with Crippen LogP contribution in [0.5, 0.6) is 0 Å². The van der Waals surface area contributed by atoms with Crippen LogP contribution in [0.3, 0.4) is 0 Å². The van der Waals surface area contributed by atoms with E-state index < -0.39 is 91.8 Å². The van der Waals surface area contributed by atoms with E-state index >= 15 is 0 Å². The Hall–Kier alpha value is -0.970. The molecular weight excluding hydrogens is 572 g/mol. The van der Waals surface area contributed by atoms with Crippen molar-refractivity contribution in [1.82, 2.24) is 5.32 Å². The van der Waals surface area contributed by atoms with Gasteiger partial charge in [0.1, 0.15) is 36.6 Å². The molecule has 252 valence electrons. The Morgan fingerprint density at radius 3 is 2.28 bits per heavy atom. The standard InChI is InChI=1S/C26H52N6O11/c27-4-3-12(34)9-32-15-2-1-13(7-28)40-25(15)43-24-14(30)5-11(6-16(35)17(36)8-29)23(22(24)39)42-26-21(38)19(31)20(37)18(10-33)41-26/h11-15,17-26,32-34,36-39H,1-10,27-31H2/t11-,12?,13-,14-,15+,17-,18+,19-,20+,21+,22+,23-,24?,25+,26+/m0/s1. The Balaban J connectivity index is 1.83. The maximum absolute atomic E-state index is 12.7. The second-order valence-corrected chi connectivity index (χ2v) is 11.7. The Morgan fingerprint density at radius 2 is 1.65 bits per heavy atom. The quantitative estimate of drug-likeness (QED) is 0.0805. The van der Waals surface area contributed by atoms with E-state index in [9.17, 15) is 35.4 Å². The Morgan fingerprint density at radius 1 is 0.953 bits per heavy atom. The molecule has 1 aliphatic carbocycles. The highest BCUT2D eigenvalue weighted by Gasteiger charge is 2.51. The van der Waals surface area contributed by atoms with Crippen LogP contribution in [0.1, 0.15) is 32.1 Å². The normalized spacial score (nSPS) is 42.0. The first kappa shape index (κ1) is 36.5. The molecule has 17 N–H and O–H groups in total. The third kappa shape index (κ3) is 9.29. The van der Waals surface area contributed by atoms with Crippen LogP contribution in [0.2, 0.25) is 0 Å². The lowest BCUT2D eigenvalue weighted by Gasteiger charge is -2.48. The lowest BCUT2D eigenvalue weighted by Crippen LogP contribution is -2.66. The van der Waals surface area contributed by atoms with Crippen molar-refractivity contribution in [1.29, 1.82) is 0 Å². The van der Waals surface area contributed by atoms with E-state index in [1.807, 2.05) is 0 Å². The molecule has 0 radical (unpaired) electrons. The number of rotatable bonds is 15. The lowest BCUT2D eigenvalue weighted by molar-refractivity contribution is -0.318. The Labute approximate surface area is 250 Å². The van der Waals surface area contributed by atoms with Crippen LogP contribution in [0, 0.1) is 5.92 Å². The van der Waals surface area contributed by atoms with Crippen molar-refractivity contribution < 1.29 is 54.4 Å². The van der Waals surface area contributed by atoms with Gasteiger partial charge >= 0.3 is 0 Å². The van der Waals surface area contributed by atoms with Gasteiger partial charge in [-0.25, -0.2) is 0 Å². The zero-order valence-corrected chi connectivity index (χ0v) is 24.3. The topological polar surface area (TPSA) is 318 Å². The fourth-order valence-electron chi connectivity index (χ4n) is 5.91. The second kappa shape index (κ2) is 17.1. The van der Waals surface area contributed by atoms with E-state index in [2.05, 4.69) is 5.32 Å². The summed E-state index contributed by atoms with van der Waals surface area (Å²) >= 11 is 0. The molecule has 0 aromatic carbocycles. The van der Waals surface area contributed by atoms with Gasteiger partial charge in [0.05, 0.1) is 37.0 Å². The molecule has 3 rings (SSSR count). The summed E-state index contributed by atoms with van der Waals surface area (Å²) < 4.78 is 23.9. The van der Waals surface area contributed by atoms with Crippen molar-refractivity contribution in [2.45, 2.75) is 118 Å². The van der Waals surface area contributed by atoms with E-state index in [0.29, 0.717) is 25.8 Å². The van der Waals surface area contributed by atoms with E-state index in [1.54, 1.807) is 0 Å². The molecule has 0 bridgehead atoms. The zero-order chi connectivity index (χ0) is 31.8. The van der Waals surface area contributed by atoms with Crippen molar-refractivity contribution in [2.24, 2.45) is 34.6 Å². The van der Waals surface area contributed by atoms with E-state index in [0.717, 1.165) is 0 Å². The van der Waals surface area contributed by atoms with E-state index in [4.69, 9.17) is 47.6 Å². The fourth-order valence-corrected chi connectivity index (χ4v) is 5.91. The van der Waals surface area contributed by atoms with E-state index in [-0.39, 0.29) is 44.6 Å². The first-order valence-corrected chi connectivity index (χ1v) is 15.0. The summed E-state index contributed by atoms with van der Waals surface area (Å²) in [5.41, 5.74) is 29.3. The first-order valence-electron chi connectivity index (χ1n) is 15.0. The number of aliphatic hydroxyl groups excluding tert-OH is 6. The van der Waals surface area contributed by atoms with Gasteiger partial charge in [-0.3, -0.25) is 4.79 Å². The molecule has 43 heavy (non-hydrogen) atoms. The molecule has 2 saturated heterocycles. The maximum Gasteiger partial charge on any atom is 0.186 e. The van der Waals surface area contributed by atoms with Gasteiger partial charge in [0.15, 0.2) is 18.4 Å². The molecule has 0 aromatic rings. The minimum atomic E-state index is -1.55. The number of aliphatic hydroxyl groups is 6. The van der Waals surface area contributed by atoms with Gasteiger partial charge in [0, 0.05) is 32.1 Å². The second-order valence-electron chi connectivity index (χ2n) is 11.7. The lowest BCUT2D eigenvalue weighted by atomic mass is 9.76. The molecule has 1 saturated carbocycles.